The van der Waals surface area contributed by atoms with Crippen LogP contribution in [0.5, 0.6) is 0 Å². The van der Waals surface area contributed by atoms with Gasteiger partial charge in [0, 0.05) is 7.05 Å². The van der Waals surface area contributed by atoms with Crippen molar-refractivity contribution in [2.75, 3.05) is 18.5 Å². The summed E-state index contributed by atoms with van der Waals surface area (Å²) in [4.78, 5) is 26.8. The standard InChI is InChI=1S/C24H37N5O6/c1-22(2,3)34-20(30)25-17-10-15(11-18-19(17)26-27-28(18)9)12-32-13-16-14-33-24(7,8)29(16)21(31)35-23(4,5)6/h10-11,16H,12-14H2,1-9H3,(H,25,30)/t16-/m0/s1. The summed E-state index contributed by atoms with van der Waals surface area (Å²) in [5, 5.41) is 11.0. The van der Waals surface area contributed by atoms with E-state index >= 15 is 0 Å². The lowest BCUT2D eigenvalue weighted by Gasteiger charge is -2.35. The Bertz CT molecular complexity index is 1080. The highest BCUT2D eigenvalue weighted by atomic mass is 16.6. The van der Waals surface area contributed by atoms with Gasteiger partial charge in [-0.1, -0.05) is 5.21 Å². The number of nitrogens with zero attached hydrogens (tertiary/aromatic N) is 4. The molecule has 0 aliphatic carbocycles. The van der Waals surface area contributed by atoms with Gasteiger partial charge in [-0.05, 0) is 73.1 Å². The fraction of sp³-hybridized carbons (Fsp3) is 0.667. The summed E-state index contributed by atoms with van der Waals surface area (Å²) >= 11 is 0. The molecule has 1 aliphatic rings. The number of anilines is 1. The van der Waals surface area contributed by atoms with E-state index in [2.05, 4.69) is 15.6 Å². The van der Waals surface area contributed by atoms with Crippen molar-refractivity contribution in [3.63, 3.8) is 0 Å². The summed E-state index contributed by atoms with van der Waals surface area (Å²) in [5.74, 6) is 0. The van der Waals surface area contributed by atoms with Gasteiger partial charge in [-0.3, -0.25) is 10.2 Å². The maximum absolute atomic E-state index is 12.8. The van der Waals surface area contributed by atoms with Gasteiger partial charge in [0.25, 0.3) is 0 Å². The minimum atomic E-state index is -0.805. The number of benzene rings is 1. The molecule has 1 aromatic heterocycles. The van der Waals surface area contributed by atoms with Crippen molar-refractivity contribution < 1.29 is 28.5 Å². The second-order valence-electron chi connectivity index (χ2n) is 11.1. The van der Waals surface area contributed by atoms with Crippen LogP contribution in [0.4, 0.5) is 15.3 Å². The maximum Gasteiger partial charge on any atom is 0.412 e. The van der Waals surface area contributed by atoms with Gasteiger partial charge in [0.15, 0.2) is 0 Å². The summed E-state index contributed by atoms with van der Waals surface area (Å²) in [6, 6.07) is 3.37. The first-order valence-electron chi connectivity index (χ1n) is 11.6. The Morgan fingerprint density at radius 3 is 2.43 bits per heavy atom. The van der Waals surface area contributed by atoms with Gasteiger partial charge in [0.05, 0.1) is 37.1 Å². The van der Waals surface area contributed by atoms with E-state index in [-0.39, 0.29) is 19.3 Å². The third kappa shape index (κ3) is 6.82. The van der Waals surface area contributed by atoms with Crippen molar-refractivity contribution in [3.05, 3.63) is 17.7 Å². The summed E-state index contributed by atoms with van der Waals surface area (Å²) in [7, 11) is 1.77. The predicted octanol–water partition coefficient (Wildman–Crippen LogP) is 4.20. The highest BCUT2D eigenvalue weighted by Gasteiger charge is 2.45. The third-order valence-electron chi connectivity index (χ3n) is 5.16. The van der Waals surface area contributed by atoms with Crippen LogP contribution in [-0.4, -0.2) is 68.3 Å². The monoisotopic (exact) mass is 491 g/mol. The van der Waals surface area contributed by atoms with Crippen molar-refractivity contribution >= 4 is 28.9 Å². The number of aromatic nitrogens is 3. The third-order valence-corrected chi connectivity index (χ3v) is 5.16. The molecule has 1 aromatic carbocycles. The number of hydrogen-bond donors (Lipinski definition) is 1. The fourth-order valence-electron chi connectivity index (χ4n) is 3.78. The lowest BCUT2D eigenvalue weighted by atomic mass is 10.1. The van der Waals surface area contributed by atoms with Crippen LogP contribution in [0.3, 0.4) is 0 Å². The first-order valence-corrected chi connectivity index (χ1v) is 11.6. The number of fused-ring (bicyclic) bond motifs is 1. The Morgan fingerprint density at radius 2 is 1.80 bits per heavy atom. The molecule has 0 spiro atoms. The molecule has 1 fully saturated rings. The molecule has 2 heterocycles. The number of hydrogen-bond acceptors (Lipinski definition) is 8. The van der Waals surface area contributed by atoms with E-state index < -0.39 is 29.1 Å². The molecule has 0 saturated carbocycles. The molecule has 1 N–H and O–H groups in total. The smallest absolute Gasteiger partial charge is 0.412 e. The topological polar surface area (TPSA) is 117 Å². The molecule has 1 atom stereocenters. The second-order valence-corrected chi connectivity index (χ2v) is 11.1. The molecule has 11 heteroatoms. The summed E-state index contributed by atoms with van der Waals surface area (Å²) in [6.07, 6.45) is -1.03. The van der Waals surface area contributed by atoms with Gasteiger partial charge >= 0.3 is 12.2 Å². The molecule has 0 bridgehead atoms. The first-order chi connectivity index (χ1) is 16.1. The Morgan fingerprint density at radius 1 is 1.14 bits per heavy atom. The van der Waals surface area contributed by atoms with Gasteiger partial charge in [0.2, 0.25) is 0 Å². The second kappa shape index (κ2) is 9.62. The molecule has 1 saturated heterocycles. The summed E-state index contributed by atoms with van der Waals surface area (Å²) in [5.41, 5.74) is 0.497. The van der Waals surface area contributed by atoms with Crippen LogP contribution >= 0.6 is 0 Å². The molecule has 194 valence electrons. The molecule has 35 heavy (non-hydrogen) atoms. The normalized spacial score (nSPS) is 18.1. The summed E-state index contributed by atoms with van der Waals surface area (Å²) < 4.78 is 24.4. The molecular weight excluding hydrogens is 454 g/mol. The molecule has 0 radical (unpaired) electrons. The van der Waals surface area contributed by atoms with Gasteiger partial charge in [0.1, 0.15) is 22.4 Å². The Hall–Kier alpha value is -2.92. The van der Waals surface area contributed by atoms with Crippen LogP contribution in [0.25, 0.3) is 11.0 Å². The molecule has 3 rings (SSSR count). The molecule has 2 amide bonds. The molecular formula is C24H37N5O6. The van der Waals surface area contributed by atoms with Crippen molar-refractivity contribution in [3.8, 4) is 0 Å². The van der Waals surface area contributed by atoms with E-state index in [4.69, 9.17) is 18.9 Å². The Labute approximate surface area is 206 Å². The van der Waals surface area contributed by atoms with E-state index in [1.54, 1.807) is 43.5 Å². The number of nitrogens with one attached hydrogen (secondary N) is 1. The van der Waals surface area contributed by atoms with Gasteiger partial charge < -0.3 is 18.9 Å². The van der Waals surface area contributed by atoms with Gasteiger partial charge in [-0.25, -0.2) is 14.3 Å². The lowest BCUT2D eigenvalue weighted by molar-refractivity contribution is -0.0658. The first kappa shape index (κ1) is 26.7. The number of carbonyl (C=O) groups excluding carboxylic acids is 2. The SMILES string of the molecule is Cn1nnc2c(NC(=O)OC(C)(C)C)cc(COC[C@H]3COC(C)(C)N3C(=O)OC(C)(C)C)cc21. The number of amides is 2. The van der Waals surface area contributed by atoms with Crippen LogP contribution in [0.1, 0.15) is 61.0 Å². The fourth-order valence-corrected chi connectivity index (χ4v) is 3.78. The Balaban J connectivity index is 1.72. The molecule has 11 nitrogen and oxygen atoms in total. The predicted molar refractivity (Wildman–Crippen MR) is 130 cm³/mol. The van der Waals surface area contributed by atoms with E-state index in [0.29, 0.717) is 17.8 Å². The van der Waals surface area contributed by atoms with Gasteiger partial charge in [-0.15, -0.1) is 5.10 Å². The number of carbonyl (C=O) groups is 2. The van der Waals surface area contributed by atoms with E-state index in [0.717, 1.165) is 11.1 Å². The minimum Gasteiger partial charge on any atom is -0.444 e. The highest BCUT2D eigenvalue weighted by molar-refractivity contribution is 5.97. The molecule has 0 unspecified atom stereocenters. The van der Waals surface area contributed by atoms with E-state index in [1.807, 2.05) is 40.7 Å². The van der Waals surface area contributed by atoms with Crippen LogP contribution in [-0.2, 0) is 32.6 Å². The van der Waals surface area contributed by atoms with Crippen LogP contribution in [0.2, 0.25) is 0 Å². The van der Waals surface area contributed by atoms with E-state index in [1.165, 1.54) is 0 Å². The average Bonchev–Trinajstić information content (AvgIpc) is 3.18. The molecule has 1 aliphatic heterocycles. The maximum atomic E-state index is 12.8. The number of ether oxygens (including phenoxy) is 4. The largest absolute Gasteiger partial charge is 0.444 e. The quantitative estimate of drug-likeness (QED) is 0.661. The minimum absolute atomic E-state index is 0.239. The number of rotatable bonds is 5. The van der Waals surface area contributed by atoms with Crippen LogP contribution in [0, 0.1) is 0 Å². The lowest BCUT2D eigenvalue weighted by Crippen LogP contribution is -2.51. The van der Waals surface area contributed by atoms with Crippen molar-refractivity contribution in [2.45, 2.75) is 85.0 Å². The van der Waals surface area contributed by atoms with Crippen molar-refractivity contribution in [1.29, 1.82) is 0 Å². The van der Waals surface area contributed by atoms with Gasteiger partial charge in [-0.2, -0.15) is 0 Å². The van der Waals surface area contributed by atoms with Crippen LogP contribution < -0.4 is 5.32 Å². The van der Waals surface area contributed by atoms with Crippen molar-refractivity contribution in [1.82, 2.24) is 19.9 Å². The highest BCUT2D eigenvalue weighted by Crippen LogP contribution is 2.30. The average molecular weight is 492 g/mol. The Kier molecular flexibility index (Phi) is 7.33. The van der Waals surface area contributed by atoms with Crippen molar-refractivity contribution in [2.24, 2.45) is 7.05 Å². The number of aryl methyl sites for hydroxylation is 1. The molecule has 2 aromatic rings. The zero-order valence-corrected chi connectivity index (χ0v) is 22.1. The van der Waals surface area contributed by atoms with E-state index in [9.17, 15) is 9.59 Å². The zero-order chi connectivity index (χ0) is 26.2. The summed E-state index contributed by atoms with van der Waals surface area (Å²) in [6.45, 7) is 15.3. The van der Waals surface area contributed by atoms with Crippen LogP contribution in [0.15, 0.2) is 12.1 Å². The zero-order valence-electron chi connectivity index (χ0n) is 22.1.